The van der Waals surface area contributed by atoms with E-state index in [9.17, 15) is 27.6 Å². The lowest BCUT2D eigenvalue weighted by atomic mass is 9.87. The first-order chi connectivity index (χ1) is 15.3. The van der Waals surface area contributed by atoms with Crippen molar-refractivity contribution in [1.29, 1.82) is 0 Å². The first-order valence-corrected chi connectivity index (χ1v) is 10.2. The molecule has 0 radical (unpaired) electrons. The van der Waals surface area contributed by atoms with Gasteiger partial charge in [-0.2, -0.15) is 13.2 Å². The van der Waals surface area contributed by atoms with E-state index >= 15 is 0 Å². The van der Waals surface area contributed by atoms with Crippen LogP contribution in [0.25, 0.3) is 0 Å². The number of anilines is 1. The third kappa shape index (κ3) is 5.32. The zero-order chi connectivity index (χ0) is 24.6. The first-order valence-electron chi connectivity index (χ1n) is 10.2. The van der Waals surface area contributed by atoms with Crippen molar-refractivity contribution in [2.45, 2.75) is 32.9 Å². The number of amides is 2. The van der Waals surface area contributed by atoms with Crippen LogP contribution in [0, 0.1) is 11.3 Å². The monoisotopic (exact) mass is 463 g/mol. The number of carbonyl (C=O) groups is 3. The molecule has 1 N–H and O–H groups in total. The second-order valence-electron chi connectivity index (χ2n) is 8.92. The number of esters is 1. The van der Waals surface area contributed by atoms with Crippen molar-refractivity contribution < 1.29 is 32.3 Å². The number of nitrogens with one attached hydrogen (secondary N) is 1. The average molecular weight is 463 g/mol. The zero-order valence-electron chi connectivity index (χ0n) is 18.6. The van der Waals surface area contributed by atoms with Gasteiger partial charge in [0.2, 0.25) is 11.8 Å². The number of rotatable bonds is 4. The summed E-state index contributed by atoms with van der Waals surface area (Å²) in [7, 11) is 1.52. The number of hydrogen-bond donors (Lipinski definition) is 1. The number of alkyl halides is 3. The minimum Gasteiger partial charge on any atom is -0.424 e. The van der Waals surface area contributed by atoms with E-state index in [1.165, 1.54) is 42.5 Å². The van der Waals surface area contributed by atoms with Gasteiger partial charge in [0.25, 0.3) is 0 Å². The Labute approximate surface area is 188 Å². The molecule has 1 aliphatic rings. The van der Waals surface area contributed by atoms with Crippen LogP contribution in [0.4, 0.5) is 18.9 Å². The Balaban J connectivity index is 1.85. The van der Waals surface area contributed by atoms with Crippen LogP contribution in [0.1, 0.15) is 37.8 Å². The number of pyridine rings is 1. The van der Waals surface area contributed by atoms with Gasteiger partial charge in [0.15, 0.2) is 5.75 Å². The summed E-state index contributed by atoms with van der Waals surface area (Å²) < 4.78 is 44.1. The van der Waals surface area contributed by atoms with Gasteiger partial charge in [-0.25, -0.2) is 0 Å². The summed E-state index contributed by atoms with van der Waals surface area (Å²) in [6.45, 7) is 5.20. The maximum Gasteiger partial charge on any atom is 0.416 e. The smallest absolute Gasteiger partial charge is 0.416 e. The fourth-order valence-corrected chi connectivity index (χ4v) is 3.44. The minimum absolute atomic E-state index is 0.0724. The van der Waals surface area contributed by atoms with Crippen molar-refractivity contribution in [3.63, 3.8) is 0 Å². The van der Waals surface area contributed by atoms with E-state index in [-0.39, 0.29) is 18.0 Å². The van der Waals surface area contributed by atoms with Crippen molar-refractivity contribution in [3.8, 4) is 5.75 Å². The molecule has 1 fully saturated rings. The Kier molecular flexibility index (Phi) is 6.49. The highest BCUT2D eigenvalue weighted by atomic mass is 19.4. The standard InChI is InChI=1S/C23H24F3N3O4/c1-22(2,3)21(32)33-17-9-10-27-11-16(17)28-19(30)18-15(12-29(4)20(18)31)13-5-7-14(8-6-13)23(24,25)26/h5-11,15,18H,12H2,1-4H3,(H,28,30)/t15-,18+/m1/s1. The molecule has 1 aromatic heterocycles. The summed E-state index contributed by atoms with van der Waals surface area (Å²) in [5.41, 5.74) is -1.06. The normalized spacial score (nSPS) is 18.9. The number of aromatic nitrogens is 1. The molecule has 0 saturated carbocycles. The number of likely N-dealkylation sites (N-methyl/N-ethyl adjacent to an activating group) is 1. The van der Waals surface area contributed by atoms with Crippen LogP contribution in [-0.4, -0.2) is 41.3 Å². The molecule has 10 heteroatoms. The lowest BCUT2D eigenvalue weighted by Crippen LogP contribution is -2.33. The summed E-state index contributed by atoms with van der Waals surface area (Å²) in [4.78, 5) is 43.4. The Hall–Kier alpha value is -3.43. The van der Waals surface area contributed by atoms with Crippen molar-refractivity contribution >= 4 is 23.5 Å². The largest absolute Gasteiger partial charge is 0.424 e. The predicted molar refractivity (Wildman–Crippen MR) is 113 cm³/mol. The van der Waals surface area contributed by atoms with Crippen LogP contribution in [0.2, 0.25) is 0 Å². The molecule has 7 nitrogen and oxygen atoms in total. The van der Waals surface area contributed by atoms with Crippen LogP contribution in [0.5, 0.6) is 5.75 Å². The summed E-state index contributed by atoms with van der Waals surface area (Å²) in [6.07, 6.45) is -1.81. The molecule has 2 amide bonds. The van der Waals surface area contributed by atoms with Crippen molar-refractivity contribution in [2.24, 2.45) is 11.3 Å². The van der Waals surface area contributed by atoms with Crippen molar-refractivity contribution in [3.05, 3.63) is 53.9 Å². The summed E-state index contributed by atoms with van der Waals surface area (Å²) >= 11 is 0. The summed E-state index contributed by atoms with van der Waals surface area (Å²) in [5, 5.41) is 2.59. The van der Waals surface area contributed by atoms with Crippen LogP contribution in [-0.2, 0) is 20.6 Å². The Morgan fingerprint density at radius 1 is 1.12 bits per heavy atom. The maximum atomic E-state index is 13.1. The van der Waals surface area contributed by atoms with E-state index in [2.05, 4.69) is 10.3 Å². The molecule has 1 aliphatic heterocycles. The number of benzene rings is 1. The van der Waals surface area contributed by atoms with Gasteiger partial charge in [-0.3, -0.25) is 19.4 Å². The van der Waals surface area contributed by atoms with Crippen LogP contribution in [0.15, 0.2) is 42.7 Å². The van der Waals surface area contributed by atoms with Crippen molar-refractivity contribution in [1.82, 2.24) is 9.88 Å². The number of ether oxygens (including phenoxy) is 1. The Bertz CT molecular complexity index is 1060. The van der Waals surface area contributed by atoms with Gasteiger partial charge in [0, 0.05) is 31.8 Å². The Morgan fingerprint density at radius 3 is 2.33 bits per heavy atom. The van der Waals surface area contributed by atoms with Gasteiger partial charge in [0.05, 0.1) is 17.2 Å². The third-order valence-electron chi connectivity index (χ3n) is 5.32. The van der Waals surface area contributed by atoms with E-state index in [1.54, 1.807) is 20.8 Å². The van der Waals surface area contributed by atoms with Gasteiger partial charge in [-0.05, 0) is 38.5 Å². The molecule has 2 aromatic rings. The molecule has 1 aromatic carbocycles. The predicted octanol–water partition coefficient (Wildman–Crippen LogP) is 3.86. The average Bonchev–Trinajstić information content (AvgIpc) is 3.02. The zero-order valence-corrected chi connectivity index (χ0v) is 18.6. The molecule has 0 unspecified atom stereocenters. The van der Waals surface area contributed by atoms with E-state index in [4.69, 9.17) is 4.74 Å². The molecule has 3 rings (SSSR count). The van der Waals surface area contributed by atoms with Crippen LogP contribution >= 0.6 is 0 Å². The van der Waals surface area contributed by atoms with Gasteiger partial charge in [-0.15, -0.1) is 0 Å². The van der Waals surface area contributed by atoms with Gasteiger partial charge >= 0.3 is 12.1 Å². The summed E-state index contributed by atoms with van der Waals surface area (Å²) in [6, 6.07) is 5.83. The van der Waals surface area contributed by atoms with Gasteiger partial charge in [0.1, 0.15) is 11.6 Å². The van der Waals surface area contributed by atoms with Crippen molar-refractivity contribution in [2.75, 3.05) is 18.9 Å². The number of likely N-dealkylation sites (tertiary alicyclic amines) is 1. The topological polar surface area (TPSA) is 88.6 Å². The lowest BCUT2D eigenvalue weighted by molar-refractivity contribution is -0.143. The molecule has 2 atom stereocenters. The second-order valence-corrected chi connectivity index (χ2v) is 8.92. The van der Waals surface area contributed by atoms with Gasteiger partial charge < -0.3 is 15.0 Å². The minimum atomic E-state index is -4.49. The molecule has 0 spiro atoms. The molecule has 33 heavy (non-hydrogen) atoms. The third-order valence-corrected chi connectivity index (χ3v) is 5.32. The molecular weight excluding hydrogens is 439 g/mol. The second kappa shape index (κ2) is 8.84. The molecular formula is C23H24F3N3O4. The molecule has 0 aliphatic carbocycles. The highest BCUT2D eigenvalue weighted by Crippen LogP contribution is 2.37. The van der Waals surface area contributed by atoms with Gasteiger partial charge in [-0.1, -0.05) is 12.1 Å². The quantitative estimate of drug-likeness (QED) is 0.550. The number of carbonyl (C=O) groups excluding carboxylic acids is 3. The number of hydrogen-bond acceptors (Lipinski definition) is 5. The number of nitrogens with zero attached hydrogens (tertiary/aromatic N) is 2. The van der Waals surface area contributed by atoms with Crippen LogP contribution in [0.3, 0.4) is 0 Å². The van der Waals surface area contributed by atoms with E-state index in [0.717, 1.165) is 12.1 Å². The van der Waals surface area contributed by atoms with E-state index in [1.807, 2.05) is 0 Å². The first kappa shape index (κ1) is 24.2. The number of halogens is 3. The fourth-order valence-electron chi connectivity index (χ4n) is 3.44. The molecule has 0 bridgehead atoms. The highest BCUT2D eigenvalue weighted by Gasteiger charge is 2.44. The molecule has 2 heterocycles. The molecule has 176 valence electrons. The summed E-state index contributed by atoms with van der Waals surface area (Å²) in [5.74, 6) is -3.41. The molecule has 1 saturated heterocycles. The van der Waals surface area contributed by atoms with Crippen LogP contribution < -0.4 is 10.1 Å². The highest BCUT2D eigenvalue weighted by molar-refractivity contribution is 6.09. The van der Waals surface area contributed by atoms with E-state index < -0.39 is 46.8 Å². The van der Waals surface area contributed by atoms with E-state index in [0.29, 0.717) is 5.56 Å². The Morgan fingerprint density at radius 2 is 1.76 bits per heavy atom. The lowest BCUT2D eigenvalue weighted by Gasteiger charge is -2.20. The SMILES string of the molecule is CN1C[C@H](c2ccc(C(F)(F)F)cc2)[C@@H](C(=O)Nc2cnccc2OC(=O)C(C)(C)C)C1=O. The maximum absolute atomic E-state index is 13.1. The fraction of sp³-hybridized carbons (Fsp3) is 0.391.